The fourth-order valence-corrected chi connectivity index (χ4v) is 2.46. The molecule has 1 aliphatic heterocycles. The first-order chi connectivity index (χ1) is 9.04. The molecular weight excluding hydrogens is 240 g/mol. The molecule has 0 bridgehead atoms. The molecular formula is C15H20N2O2. The predicted octanol–water partition coefficient (Wildman–Crippen LogP) is 1.74. The fraction of sp³-hybridized carbons (Fsp3) is 0.467. The van der Waals surface area contributed by atoms with Gasteiger partial charge in [-0.05, 0) is 30.0 Å². The topological polar surface area (TPSA) is 49.4 Å². The van der Waals surface area contributed by atoms with Crippen molar-refractivity contribution in [1.82, 2.24) is 5.32 Å². The Morgan fingerprint density at radius 2 is 2.11 bits per heavy atom. The van der Waals surface area contributed by atoms with Gasteiger partial charge in [0.15, 0.2) is 0 Å². The number of rotatable bonds is 3. The molecule has 1 aromatic rings. The van der Waals surface area contributed by atoms with Gasteiger partial charge in [-0.2, -0.15) is 0 Å². The minimum atomic E-state index is -0.423. The van der Waals surface area contributed by atoms with Crippen LogP contribution in [0.5, 0.6) is 0 Å². The highest BCUT2D eigenvalue weighted by Crippen LogP contribution is 2.24. The van der Waals surface area contributed by atoms with Crippen LogP contribution >= 0.6 is 0 Å². The maximum atomic E-state index is 12.2. The summed E-state index contributed by atoms with van der Waals surface area (Å²) in [6.07, 6.45) is 0.911. The van der Waals surface area contributed by atoms with E-state index in [1.807, 2.05) is 38.1 Å². The maximum Gasteiger partial charge on any atom is 0.247 e. The third-order valence-electron chi connectivity index (χ3n) is 3.46. The van der Waals surface area contributed by atoms with E-state index >= 15 is 0 Å². The Hall–Kier alpha value is -1.84. The molecule has 4 heteroatoms. The second-order valence-electron chi connectivity index (χ2n) is 5.19. The van der Waals surface area contributed by atoms with Crippen LogP contribution in [0.25, 0.3) is 0 Å². The number of hydrogen-bond acceptors (Lipinski definition) is 2. The van der Waals surface area contributed by atoms with Gasteiger partial charge >= 0.3 is 0 Å². The van der Waals surface area contributed by atoms with Crippen molar-refractivity contribution in [3.05, 3.63) is 29.8 Å². The van der Waals surface area contributed by atoms with Gasteiger partial charge in [-0.3, -0.25) is 14.5 Å². The normalized spacial score (nSPS) is 19.8. The molecule has 0 spiro atoms. The van der Waals surface area contributed by atoms with Crippen molar-refractivity contribution >= 4 is 17.5 Å². The van der Waals surface area contributed by atoms with Crippen LogP contribution in [0.1, 0.15) is 26.3 Å². The SMILES string of the molecule is CCc1cccc(N2C(=O)CNC(=O)C2C(C)C)c1. The highest BCUT2D eigenvalue weighted by molar-refractivity contribution is 6.06. The summed E-state index contributed by atoms with van der Waals surface area (Å²) in [5, 5.41) is 2.66. The number of aryl methyl sites for hydroxylation is 1. The number of anilines is 1. The highest BCUT2D eigenvalue weighted by Gasteiger charge is 2.37. The molecule has 1 aliphatic rings. The first kappa shape index (κ1) is 13.6. The van der Waals surface area contributed by atoms with Gasteiger partial charge in [-0.25, -0.2) is 0 Å². The van der Waals surface area contributed by atoms with Crippen molar-refractivity contribution < 1.29 is 9.59 Å². The molecule has 4 nitrogen and oxygen atoms in total. The molecule has 1 N–H and O–H groups in total. The molecule has 0 radical (unpaired) electrons. The van der Waals surface area contributed by atoms with E-state index in [1.54, 1.807) is 4.90 Å². The van der Waals surface area contributed by atoms with E-state index in [2.05, 4.69) is 12.2 Å². The lowest BCUT2D eigenvalue weighted by Gasteiger charge is -2.37. The van der Waals surface area contributed by atoms with Gasteiger partial charge < -0.3 is 5.32 Å². The van der Waals surface area contributed by atoms with Gasteiger partial charge in [-0.1, -0.05) is 32.9 Å². The van der Waals surface area contributed by atoms with E-state index < -0.39 is 6.04 Å². The van der Waals surface area contributed by atoms with Crippen molar-refractivity contribution in [2.24, 2.45) is 5.92 Å². The number of nitrogens with zero attached hydrogens (tertiary/aromatic N) is 1. The lowest BCUT2D eigenvalue weighted by Crippen LogP contribution is -2.60. The van der Waals surface area contributed by atoms with Crippen LogP contribution in [0, 0.1) is 5.92 Å². The molecule has 1 fully saturated rings. The first-order valence-corrected chi connectivity index (χ1v) is 6.73. The van der Waals surface area contributed by atoms with Crippen molar-refractivity contribution in [2.45, 2.75) is 33.2 Å². The zero-order valence-electron chi connectivity index (χ0n) is 11.6. The van der Waals surface area contributed by atoms with Crippen LogP contribution in [0.15, 0.2) is 24.3 Å². The van der Waals surface area contributed by atoms with Crippen molar-refractivity contribution in [2.75, 3.05) is 11.4 Å². The highest BCUT2D eigenvalue weighted by atomic mass is 16.2. The summed E-state index contributed by atoms with van der Waals surface area (Å²) in [7, 11) is 0. The van der Waals surface area contributed by atoms with Gasteiger partial charge in [-0.15, -0.1) is 0 Å². The average Bonchev–Trinajstić information content (AvgIpc) is 2.40. The van der Waals surface area contributed by atoms with E-state index in [9.17, 15) is 9.59 Å². The summed E-state index contributed by atoms with van der Waals surface area (Å²) in [6.45, 7) is 6.07. The molecule has 1 unspecified atom stereocenters. The first-order valence-electron chi connectivity index (χ1n) is 6.73. The Kier molecular flexibility index (Phi) is 3.88. The molecule has 2 rings (SSSR count). The molecule has 0 aromatic heterocycles. The van der Waals surface area contributed by atoms with E-state index in [4.69, 9.17) is 0 Å². The van der Waals surface area contributed by atoms with Gasteiger partial charge in [0.2, 0.25) is 11.8 Å². The quantitative estimate of drug-likeness (QED) is 0.900. The Labute approximate surface area is 113 Å². The zero-order valence-corrected chi connectivity index (χ0v) is 11.6. The summed E-state index contributed by atoms with van der Waals surface area (Å²) in [5.74, 6) is -0.0439. The van der Waals surface area contributed by atoms with Crippen LogP contribution in [0.3, 0.4) is 0 Å². The zero-order chi connectivity index (χ0) is 14.0. The van der Waals surface area contributed by atoms with Crippen LogP contribution in [-0.4, -0.2) is 24.4 Å². The Balaban J connectivity index is 2.42. The number of carbonyl (C=O) groups is 2. The van der Waals surface area contributed by atoms with Gasteiger partial charge in [0.05, 0.1) is 6.54 Å². The Morgan fingerprint density at radius 1 is 1.37 bits per heavy atom. The molecule has 0 saturated carbocycles. The number of hydrogen-bond donors (Lipinski definition) is 1. The third kappa shape index (κ3) is 2.62. The van der Waals surface area contributed by atoms with Crippen molar-refractivity contribution in [1.29, 1.82) is 0 Å². The van der Waals surface area contributed by atoms with Crippen LogP contribution < -0.4 is 10.2 Å². The Bertz CT molecular complexity index is 497. The lowest BCUT2D eigenvalue weighted by atomic mass is 9.98. The molecule has 2 amide bonds. The molecule has 19 heavy (non-hydrogen) atoms. The van der Waals surface area contributed by atoms with Crippen molar-refractivity contribution in [3.8, 4) is 0 Å². The maximum absolute atomic E-state index is 12.2. The standard InChI is InChI=1S/C15H20N2O2/c1-4-11-6-5-7-12(8-11)17-13(18)9-16-15(19)14(17)10(2)3/h5-8,10,14H,4,9H2,1-3H3,(H,16,19). The number of benzene rings is 1. The molecule has 0 aliphatic carbocycles. The minimum absolute atomic E-state index is 0.0495. The van der Waals surface area contributed by atoms with E-state index in [1.165, 1.54) is 5.56 Å². The number of nitrogens with one attached hydrogen (secondary N) is 1. The van der Waals surface area contributed by atoms with Crippen LogP contribution in [0.2, 0.25) is 0 Å². The second kappa shape index (κ2) is 5.43. The summed E-state index contributed by atoms with van der Waals surface area (Å²) in [6, 6.07) is 7.43. The molecule has 1 aromatic carbocycles. The summed E-state index contributed by atoms with van der Waals surface area (Å²) < 4.78 is 0. The smallest absolute Gasteiger partial charge is 0.247 e. The molecule has 1 heterocycles. The monoisotopic (exact) mass is 260 g/mol. The molecule has 1 atom stereocenters. The van der Waals surface area contributed by atoms with Crippen LogP contribution in [0.4, 0.5) is 5.69 Å². The number of amides is 2. The second-order valence-corrected chi connectivity index (χ2v) is 5.19. The number of carbonyl (C=O) groups excluding carboxylic acids is 2. The minimum Gasteiger partial charge on any atom is -0.345 e. The average molecular weight is 260 g/mol. The molecule has 102 valence electrons. The lowest BCUT2D eigenvalue weighted by molar-refractivity contribution is -0.131. The summed E-state index contributed by atoms with van der Waals surface area (Å²) in [5.41, 5.74) is 1.98. The Morgan fingerprint density at radius 3 is 2.74 bits per heavy atom. The van der Waals surface area contributed by atoms with Gasteiger partial charge in [0, 0.05) is 5.69 Å². The van der Waals surface area contributed by atoms with E-state index in [-0.39, 0.29) is 24.3 Å². The van der Waals surface area contributed by atoms with Crippen LogP contribution in [-0.2, 0) is 16.0 Å². The fourth-order valence-electron chi connectivity index (χ4n) is 2.46. The summed E-state index contributed by atoms with van der Waals surface area (Å²) in [4.78, 5) is 25.8. The number of piperazine rings is 1. The van der Waals surface area contributed by atoms with Crippen molar-refractivity contribution in [3.63, 3.8) is 0 Å². The third-order valence-corrected chi connectivity index (χ3v) is 3.46. The van der Waals surface area contributed by atoms with Gasteiger partial charge in [0.25, 0.3) is 0 Å². The molecule has 1 saturated heterocycles. The summed E-state index contributed by atoms with van der Waals surface area (Å²) >= 11 is 0. The largest absolute Gasteiger partial charge is 0.345 e. The predicted molar refractivity (Wildman–Crippen MR) is 74.9 cm³/mol. The van der Waals surface area contributed by atoms with Gasteiger partial charge in [0.1, 0.15) is 6.04 Å². The van der Waals surface area contributed by atoms with E-state index in [0.717, 1.165) is 12.1 Å². The van der Waals surface area contributed by atoms with E-state index in [0.29, 0.717) is 0 Å².